The van der Waals surface area contributed by atoms with Gasteiger partial charge in [-0.15, -0.1) is 0 Å². The number of carbonyl (C=O) groups excluding carboxylic acids is 1. The maximum Gasteiger partial charge on any atom is 0.317 e. The van der Waals surface area contributed by atoms with E-state index >= 15 is 0 Å². The number of nitrogens with zero attached hydrogens (tertiary/aromatic N) is 1. The molecule has 0 radical (unpaired) electrons. The number of hydrogen-bond donors (Lipinski definition) is 2. The standard InChI is InChI=1S/C19H25FN2O3/c20-16-6-4-5-15(11-16)19(8-2-1-3-9-19)13-21-18(25)22-10-7-14(12-22)17(23)24/h4-6,11,14H,1-3,7-10,12-13H2,(H,21,25)(H,23,24). The van der Waals surface area contributed by atoms with Crippen LogP contribution >= 0.6 is 0 Å². The lowest BCUT2D eigenvalue weighted by Gasteiger charge is -2.38. The van der Waals surface area contributed by atoms with E-state index in [1.807, 2.05) is 6.07 Å². The molecule has 0 spiro atoms. The Hall–Kier alpha value is -2.11. The molecule has 136 valence electrons. The molecule has 1 unspecified atom stereocenters. The van der Waals surface area contributed by atoms with Crippen LogP contribution in [0.15, 0.2) is 24.3 Å². The highest BCUT2D eigenvalue weighted by Crippen LogP contribution is 2.39. The Morgan fingerprint density at radius 3 is 2.68 bits per heavy atom. The second-order valence-electron chi connectivity index (χ2n) is 7.28. The molecule has 1 aromatic rings. The van der Waals surface area contributed by atoms with Crippen LogP contribution in [0.4, 0.5) is 9.18 Å². The van der Waals surface area contributed by atoms with E-state index in [0.717, 1.165) is 37.7 Å². The molecule has 1 aromatic carbocycles. The number of likely N-dealkylation sites (tertiary alicyclic amines) is 1. The summed E-state index contributed by atoms with van der Waals surface area (Å²) in [6.45, 7) is 1.19. The highest BCUT2D eigenvalue weighted by atomic mass is 19.1. The normalized spacial score (nSPS) is 22.6. The fourth-order valence-corrected chi connectivity index (χ4v) is 4.12. The Labute approximate surface area is 147 Å². The molecule has 1 atom stereocenters. The van der Waals surface area contributed by atoms with E-state index in [4.69, 9.17) is 5.11 Å². The number of rotatable bonds is 4. The summed E-state index contributed by atoms with van der Waals surface area (Å²) in [4.78, 5) is 25.1. The molecule has 0 aromatic heterocycles. The van der Waals surface area contributed by atoms with Crippen molar-refractivity contribution >= 4 is 12.0 Å². The van der Waals surface area contributed by atoms with Gasteiger partial charge < -0.3 is 15.3 Å². The van der Waals surface area contributed by atoms with Crippen LogP contribution in [0.1, 0.15) is 44.1 Å². The van der Waals surface area contributed by atoms with Crippen LogP contribution in [0.2, 0.25) is 0 Å². The van der Waals surface area contributed by atoms with E-state index in [9.17, 15) is 14.0 Å². The lowest BCUT2D eigenvalue weighted by atomic mass is 9.69. The zero-order valence-corrected chi connectivity index (χ0v) is 14.3. The van der Waals surface area contributed by atoms with E-state index in [0.29, 0.717) is 19.5 Å². The minimum absolute atomic E-state index is 0.217. The Morgan fingerprint density at radius 1 is 1.28 bits per heavy atom. The second-order valence-corrected chi connectivity index (χ2v) is 7.28. The molecule has 3 rings (SSSR count). The Balaban J connectivity index is 1.67. The third-order valence-electron chi connectivity index (χ3n) is 5.65. The molecule has 1 aliphatic heterocycles. The summed E-state index contributed by atoms with van der Waals surface area (Å²) in [6, 6.07) is 6.46. The van der Waals surface area contributed by atoms with Crippen molar-refractivity contribution in [3.05, 3.63) is 35.6 Å². The zero-order chi connectivity index (χ0) is 17.9. The first-order valence-electron chi connectivity index (χ1n) is 9.02. The van der Waals surface area contributed by atoms with Gasteiger partial charge in [0.15, 0.2) is 0 Å². The number of nitrogens with one attached hydrogen (secondary N) is 1. The predicted octanol–water partition coefficient (Wildman–Crippen LogP) is 3.14. The fraction of sp³-hybridized carbons (Fsp3) is 0.579. The van der Waals surface area contributed by atoms with Gasteiger partial charge in [-0.1, -0.05) is 31.4 Å². The topological polar surface area (TPSA) is 69.6 Å². The van der Waals surface area contributed by atoms with Crippen molar-refractivity contribution in [2.75, 3.05) is 19.6 Å². The van der Waals surface area contributed by atoms with Crippen molar-refractivity contribution in [3.8, 4) is 0 Å². The van der Waals surface area contributed by atoms with Crippen LogP contribution in [0.5, 0.6) is 0 Å². The molecule has 1 heterocycles. The first kappa shape index (κ1) is 17.7. The molecule has 25 heavy (non-hydrogen) atoms. The largest absolute Gasteiger partial charge is 0.481 e. The highest BCUT2D eigenvalue weighted by Gasteiger charge is 2.36. The SMILES string of the molecule is O=C(O)C1CCN(C(=O)NCC2(c3cccc(F)c3)CCCCC2)C1. The van der Waals surface area contributed by atoms with Crippen LogP contribution in [-0.4, -0.2) is 41.6 Å². The molecule has 2 fully saturated rings. The molecule has 1 aliphatic carbocycles. The number of benzene rings is 1. The third-order valence-corrected chi connectivity index (χ3v) is 5.65. The van der Waals surface area contributed by atoms with Crippen molar-refractivity contribution in [2.45, 2.75) is 43.9 Å². The molecule has 6 heteroatoms. The van der Waals surface area contributed by atoms with Gasteiger partial charge in [-0.3, -0.25) is 4.79 Å². The quantitative estimate of drug-likeness (QED) is 0.878. The summed E-state index contributed by atoms with van der Waals surface area (Å²) >= 11 is 0. The van der Waals surface area contributed by atoms with Crippen LogP contribution in [0.25, 0.3) is 0 Å². The van der Waals surface area contributed by atoms with Crippen LogP contribution in [0.3, 0.4) is 0 Å². The number of hydrogen-bond acceptors (Lipinski definition) is 2. The lowest BCUT2D eigenvalue weighted by molar-refractivity contribution is -0.141. The Morgan fingerprint density at radius 2 is 2.04 bits per heavy atom. The molecular formula is C19H25FN2O3. The van der Waals surface area contributed by atoms with Gasteiger partial charge in [-0.2, -0.15) is 0 Å². The average molecular weight is 348 g/mol. The number of halogens is 1. The molecule has 2 amide bonds. The average Bonchev–Trinajstić information content (AvgIpc) is 3.11. The number of carbonyl (C=O) groups is 2. The molecule has 1 saturated heterocycles. The van der Waals surface area contributed by atoms with Crippen molar-refractivity contribution in [1.82, 2.24) is 10.2 Å². The first-order valence-corrected chi connectivity index (χ1v) is 9.02. The Bertz CT molecular complexity index is 643. The fourth-order valence-electron chi connectivity index (χ4n) is 4.12. The van der Waals surface area contributed by atoms with E-state index < -0.39 is 11.9 Å². The minimum Gasteiger partial charge on any atom is -0.481 e. The summed E-state index contributed by atoms with van der Waals surface area (Å²) in [5, 5.41) is 12.1. The van der Waals surface area contributed by atoms with E-state index in [-0.39, 0.29) is 23.8 Å². The maximum absolute atomic E-state index is 13.7. The first-order chi connectivity index (χ1) is 12.0. The lowest BCUT2D eigenvalue weighted by Crippen LogP contribution is -2.47. The number of carboxylic acid groups (broad SMARTS) is 1. The van der Waals surface area contributed by atoms with Crippen molar-refractivity contribution < 1.29 is 19.1 Å². The van der Waals surface area contributed by atoms with E-state index in [1.54, 1.807) is 17.0 Å². The summed E-state index contributed by atoms with van der Waals surface area (Å²) < 4.78 is 13.7. The van der Waals surface area contributed by atoms with Crippen LogP contribution in [0, 0.1) is 11.7 Å². The van der Waals surface area contributed by atoms with E-state index in [1.165, 1.54) is 6.07 Å². The van der Waals surface area contributed by atoms with Gasteiger partial charge in [0.1, 0.15) is 5.82 Å². The zero-order valence-electron chi connectivity index (χ0n) is 14.3. The monoisotopic (exact) mass is 348 g/mol. The molecule has 1 saturated carbocycles. The second kappa shape index (κ2) is 7.42. The minimum atomic E-state index is -0.848. The number of aliphatic carboxylic acids is 1. The summed E-state index contributed by atoms with van der Waals surface area (Å²) in [7, 11) is 0. The number of carboxylic acids is 1. The molecule has 5 nitrogen and oxygen atoms in total. The van der Waals surface area contributed by atoms with Crippen molar-refractivity contribution in [1.29, 1.82) is 0 Å². The molecule has 2 aliphatic rings. The smallest absolute Gasteiger partial charge is 0.317 e. The predicted molar refractivity (Wildman–Crippen MR) is 91.9 cm³/mol. The molecule has 2 N–H and O–H groups in total. The van der Waals surface area contributed by atoms with Gasteiger partial charge in [0.25, 0.3) is 0 Å². The summed E-state index contributed by atoms with van der Waals surface area (Å²) in [6.07, 6.45) is 5.65. The van der Waals surface area contributed by atoms with Gasteiger partial charge in [-0.05, 0) is 37.0 Å². The molecule has 0 bridgehead atoms. The third kappa shape index (κ3) is 3.94. The number of amides is 2. The van der Waals surface area contributed by atoms with Gasteiger partial charge in [0.2, 0.25) is 0 Å². The summed E-state index contributed by atoms with van der Waals surface area (Å²) in [5.41, 5.74) is 0.708. The van der Waals surface area contributed by atoms with Gasteiger partial charge in [-0.25, -0.2) is 9.18 Å². The van der Waals surface area contributed by atoms with Crippen molar-refractivity contribution in [3.63, 3.8) is 0 Å². The summed E-state index contributed by atoms with van der Waals surface area (Å²) in [5.74, 6) is -1.57. The maximum atomic E-state index is 13.7. The molecular weight excluding hydrogens is 323 g/mol. The van der Waals surface area contributed by atoms with Gasteiger partial charge in [0.05, 0.1) is 5.92 Å². The van der Waals surface area contributed by atoms with Crippen LogP contribution < -0.4 is 5.32 Å². The highest BCUT2D eigenvalue weighted by molar-refractivity contribution is 5.77. The van der Waals surface area contributed by atoms with Gasteiger partial charge >= 0.3 is 12.0 Å². The van der Waals surface area contributed by atoms with Crippen LogP contribution in [-0.2, 0) is 10.2 Å². The van der Waals surface area contributed by atoms with Crippen molar-refractivity contribution in [2.24, 2.45) is 5.92 Å². The Kier molecular flexibility index (Phi) is 5.25. The number of urea groups is 1. The van der Waals surface area contributed by atoms with Gasteiger partial charge in [0, 0.05) is 25.0 Å². The van der Waals surface area contributed by atoms with E-state index in [2.05, 4.69) is 5.32 Å².